The fraction of sp³-hybridized carbons (Fsp3) is 0.500. The highest BCUT2D eigenvalue weighted by Gasteiger charge is 2.37. The van der Waals surface area contributed by atoms with Gasteiger partial charge in [-0.3, -0.25) is 19.2 Å². The summed E-state index contributed by atoms with van der Waals surface area (Å²) in [6.07, 6.45) is 3.85. The predicted octanol–water partition coefficient (Wildman–Crippen LogP) is 2.43. The molecule has 0 aromatic heterocycles. The van der Waals surface area contributed by atoms with Crippen LogP contribution in [0.1, 0.15) is 54.9 Å². The van der Waals surface area contributed by atoms with E-state index >= 15 is 0 Å². The molecule has 9 heteroatoms. The molecule has 0 spiro atoms. The lowest BCUT2D eigenvalue weighted by molar-refractivity contribution is -0.138. The number of rotatable bonds is 2. The molecule has 41 heavy (non-hydrogen) atoms. The Morgan fingerprint density at radius 1 is 0.976 bits per heavy atom. The summed E-state index contributed by atoms with van der Waals surface area (Å²) in [5.74, 6) is -0.507. The number of benzene rings is 2. The van der Waals surface area contributed by atoms with E-state index in [-0.39, 0.29) is 24.2 Å². The number of amides is 4. The summed E-state index contributed by atoms with van der Waals surface area (Å²) in [6, 6.07) is 12.0. The lowest BCUT2D eigenvalue weighted by Crippen LogP contribution is -2.57. The second-order valence-electron chi connectivity index (χ2n) is 11.7. The number of nitrogens with zero attached hydrogens (tertiary/aromatic N) is 1. The van der Waals surface area contributed by atoms with Gasteiger partial charge in [0.2, 0.25) is 23.6 Å². The smallest absolute Gasteiger partial charge is 0.243 e. The second kappa shape index (κ2) is 12.7. The first-order chi connectivity index (χ1) is 19.8. The van der Waals surface area contributed by atoms with Crippen LogP contribution in [0.25, 0.3) is 0 Å². The third-order valence-electron chi connectivity index (χ3n) is 8.65. The second-order valence-corrected chi connectivity index (χ2v) is 11.7. The Labute approximate surface area is 241 Å². The van der Waals surface area contributed by atoms with Gasteiger partial charge in [0.15, 0.2) is 0 Å². The highest BCUT2D eigenvalue weighted by molar-refractivity contribution is 5.94. The van der Waals surface area contributed by atoms with Crippen LogP contribution in [0.15, 0.2) is 42.5 Å². The number of carbonyl (C=O) groups excluding carboxylic acids is 4. The number of hydrogen-bond donors (Lipinski definition) is 3. The van der Waals surface area contributed by atoms with Gasteiger partial charge in [0.05, 0.1) is 13.0 Å². The first-order valence-corrected chi connectivity index (χ1v) is 14.7. The van der Waals surface area contributed by atoms with Crippen LogP contribution < -0.4 is 20.7 Å². The van der Waals surface area contributed by atoms with E-state index in [2.05, 4.69) is 28.1 Å². The van der Waals surface area contributed by atoms with Gasteiger partial charge in [0, 0.05) is 26.6 Å². The number of ether oxygens (including phenoxy) is 1. The van der Waals surface area contributed by atoms with Crippen molar-refractivity contribution in [3.63, 3.8) is 0 Å². The molecule has 2 aromatic rings. The van der Waals surface area contributed by atoms with Gasteiger partial charge in [-0.25, -0.2) is 0 Å². The summed E-state index contributed by atoms with van der Waals surface area (Å²) in [7, 11) is 0. The van der Waals surface area contributed by atoms with Crippen molar-refractivity contribution in [2.45, 2.75) is 71.0 Å². The number of fused-ring (bicyclic) bond motifs is 5. The van der Waals surface area contributed by atoms with Crippen LogP contribution in [0, 0.1) is 18.8 Å². The SMILES string of the molecule is CC(=O)N[C@H]1CC(=O)N2CCCC(CCOc3ccc(C)c(c3)CNC(=O)[C@H](C3Cc4ccccc4C3)NC1=O)C2. The van der Waals surface area contributed by atoms with E-state index in [4.69, 9.17) is 4.74 Å². The largest absolute Gasteiger partial charge is 0.494 e. The number of carbonyl (C=O) groups is 4. The van der Waals surface area contributed by atoms with Crippen molar-refractivity contribution >= 4 is 23.6 Å². The molecule has 1 unspecified atom stereocenters. The fourth-order valence-corrected chi connectivity index (χ4v) is 6.33. The van der Waals surface area contributed by atoms with Gasteiger partial charge in [-0.1, -0.05) is 30.3 Å². The minimum absolute atomic E-state index is 0.155. The van der Waals surface area contributed by atoms with Gasteiger partial charge in [-0.15, -0.1) is 0 Å². The Hall–Kier alpha value is -3.88. The summed E-state index contributed by atoms with van der Waals surface area (Å²) in [4.78, 5) is 54.6. The zero-order valence-electron chi connectivity index (χ0n) is 23.9. The van der Waals surface area contributed by atoms with E-state index in [1.807, 2.05) is 37.3 Å². The van der Waals surface area contributed by atoms with Crippen molar-refractivity contribution < 1.29 is 23.9 Å². The molecule has 3 N–H and O–H groups in total. The van der Waals surface area contributed by atoms with Crippen molar-refractivity contribution in [1.82, 2.24) is 20.9 Å². The van der Waals surface area contributed by atoms with Crippen LogP contribution in [-0.4, -0.2) is 60.3 Å². The van der Waals surface area contributed by atoms with Gasteiger partial charge >= 0.3 is 0 Å². The maximum absolute atomic E-state index is 13.7. The summed E-state index contributed by atoms with van der Waals surface area (Å²) in [5, 5.41) is 8.64. The van der Waals surface area contributed by atoms with Crippen molar-refractivity contribution in [2.75, 3.05) is 19.7 Å². The summed E-state index contributed by atoms with van der Waals surface area (Å²) < 4.78 is 6.08. The average Bonchev–Trinajstić information content (AvgIpc) is 3.39. The topological polar surface area (TPSA) is 117 Å². The minimum Gasteiger partial charge on any atom is -0.494 e. The quantitative estimate of drug-likeness (QED) is 0.522. The third-order valence-corrected chi connectivity index (χ3v) is 8.65. The van der Waals surface area contributed by atoms with Crippen LogP contribution in [0.4, 0.5) is 0 Å². The molecular formula is C32H40N4O5. The molecule has 1 fully saturated rings. The molecule has 1 aliphatic carbocycles. The Bertz CT molecular complexity index is 1290. The summed E-state index contributed by atoms with van der Waals surface area (Å²) in [5.41, 5.74) is 4.30. The number of piperidine rings is 1. The molecule has 0 saturated carbocycles. The predicted molar refractivity (Wildman–Crippen MR) is 154 cm³/mol. The molecule has 4 bridgehead atoms. The molecule has 2 aliphatic heterocycles. The van der Waals surface area contributed by atoms with E-state index in [1.54, 1.807) is 4.90 Å². The van der Waals surface area contributed by atoms with Gasteiger partial charge < -0.3 is 25.6 Å². The van der Waals surface area contributed by atoms with E-state index in [0.717, 1.165) is 47.3 Å². The first kappa shape index (κ1) is 28.6. The lowest BCUT2D eigenvalue weighted by atomic mass is 9.94. The molecule has 4 amide bonds. The summed E-state index contributed by atoms with van der Waals surface area (Å²) >= 11 is 0. The molecule has 3 atom stereocenters. The molecular weight excluding hydrogens is 520 g/mol. The normalized spacial score (nSPS) is 24.3. The summed E-state index contributed by atoms with van der Waals surface area (Å²) in [6.45, 7) is 5.37. The monoisotopic (exact) mass is 560 g/mol. The van der Waals surface area contributed by atoms with E-state index < -0.39 is 23.9 Å². The van der Waals surface area contributed by atoms with Gasteiger partial charge in [-0.2, -0.15) is 0 Å². The third kappa shape index (κ3) is 7.07. The molecule has 1 saturated heterocycles. The van der Waals surface area contributed by atoms with Crippen LogP contribution in [-0.2, 0) is 38.6 Å². The van der Waals surface area contributed by atoms with Gasteiger partial charge in [0.1, 0.15) is 17.8 Å². The molecule has 218 valence electrons. The van der Waals surface area contributed by atoms with Crippen molar-refractivity contribution in [2.24, 2.45) is 11.8 Å². The maximum atomic E-state index is 13.7. The molecule has 5 rings (SSSR count). The zero-order chi connectivity index (χ0) is 28.9. The zero-order valence-corrected chi connectivity index (χ0v) is 23.9. The van der Waals surface area contributed by atoms with Crippen molar-refractivity contribution in [3.05, 3.63) is 64.7 Å². The molecule has 9 nitrogen and oxygen atoms in total. The Morgan fingerprint density at radius 3 is 2.46 bits per heavy atom. The van der Waals surface area contributed by atoms with E-state index in [1.165, 1.54) is 6.92 Å². The molecule has 2 heterocycles. The fourth-order valence-electron chi connectivity index (χ4n) is 6.33. The maximum Gasteiger partial charge on any atom is 0.243 e. The lowest BCUT2D eigenvalue weighted by Gasteiger charge is -2.34. The van der Waals surface area contributed by atoms with E-state index in [9.17, 15) is 19.2 Å². The van der Waals surface area contributed by atoms with Crippen LogP contribution in [0.5, 0.6) is 5.75 Å². The molecule has 0 radical (unpaired) electrons. The van der Waals surface area contributed by atoms with Crippen LogP contribution in [0.3, 0.4) is 0 Å². The Balaban J connectivity index is 1.43. The molecule has 3 aliphatic rings. The highest BCUT2D eigenvalue weighted by Crippen LogP contribution is 2.29. The van der Waals surface area contributed by atoms with Crippen molar-refractivity contribution in [1.29, 1.82) is 0 Å². The Kier molecular flexibility index (Phi) is 8.90. The highest BCUT2D eigenvalue weighted by atomic mass is 16.5. The number of hydrogen-bond acceptors (Lipinski definition) is 5. The number of nitrogens with one attached hydrogen (secondary N) is 3. The minimum atomic E-state index is -1.07. The van der Waals surface area contributed by atoms with E-state index in [0.29, 0.717) is 45.0 Å². The van der Waals surface area contributed by atoms with Crippen molar-refractivity contribution in [3.8, 4) is 5.75 Å². The first-order valence-electron chi connectivity index (χ1n) is 14.7. The van der Waals surface area contributed by atoms with Crippen LogP contribution in [0.2, 0.25) is 0 Å². The standard InChI is InChI=1S/C32H40N4O5/c1-20-9-10-27-16-26(20)18-33-32(40)30(25-14-23-7-3-4-8-24(23)15-25)35-31(39)28(34-21(2)37)17-29(38)36-12-5-6-22(19-36)11-13-41-27/h3-4,7-10,16,22,25,28,30H,5-6,11-15,17-19H2,1-2H3,(H,33,40)(H,34,37)(H,35,39)/t22?,28-,30-/m0/s1. The molecule has 2 aromatic carbocycles. The average molecular weight is 561 g/mol. The Morgan fingerprint density at radius 2 is 1.73 bits per heavy atom. The van der Waals surface area contributed by atoms with Gasteiger partial charge in [0.25, 0.3) is 0 Å². The van der Waals surface area contributed by atoms with Crippen LogP contribution >= 0.6 is 0 Å². The van der Waals surface area contributed by atoms with Gasteiger partial charge in [-0.05, 0) is 85.3 Å². The number of aryl methyl sites for hydroxylation is 1.